The number of nitrogens with two attached hydrogens (primary N) is 1. The van der Waals surface area contributed by atoms with Gasteiger partial charge in [0.25, 0.3) is 0 Å². The molecule has 0 aliphatic rings. The molecule has 6 nitrogen and oxygen atoms in total. The molecule has 0 radical (unpaired) electrons. The van der Waals surface area contributed by atoms with E-state index in [-0.39, 0.29) is 0 Å². The fourth-order valence-corrected chi connectivity index (χ4v) is 0.300. The molecule has 10 heavy (non-hydrogen) atoms. The van der Waals surface area contributed by atoms with E-state index in [1.165, 1.54) is 6.92 Å². The zero-order valence-electron chi connectivity index (χ0n) is 5.42. The number of carbonyl (C=O) groups is 2. The number of hydrazine groups is 1. The molecule has 0 aromatic rings. The molecule has 0 saturated carbocycles. The maximum Gasteiger partial charge on any atom is 0.329 e. The first-order valence-electron chi connectivity index (χ1n) is 2.58. The summed E-state index contributed by atoms with van der Waals surface area (Å²) in [5.41, 5.74) is 1.74. The summed E-state index contributed by atoms with van der Waals surface area (Å²) in [4.78, 5) is 20.4. The van der Waals surface area contributed by atoms with Crippen molar-refractivity contribution in [1.82, 2.24) is 10.7 Å². The van der Waals surface area contributed by atoms with E-state index in [0.29, 0.717) is 0 Å². The van der Waals surface area contributed by atoms with Crippen LogP contribution in [0.1, 0.15) is 6.92 Å². The molecular formula is C4H9N3O3. The Morgan fingerprint density at radius 1 is 1.60 bits per heavy atom. The minimum Gasteiger partial charge on any atom is -0.480 e. The van der Waals surface area contributed by atoms with Crippen LogP contribution >= 0.6 is 0 Å². The lowest BCUT2D eigenvalue weighted by atomic mass is 10.3. The second kappa shape index (κ2) is 3.67. The predicted molar refractivity (Wildman–Crippen MR) is 33.0 cm³/mol. The third kappa shape index (κ3) is 2.88. The quantitative estimate of drug-likeness (QED) is 0.220. The van der Waals surface area contributed by atoms with Crippen molar-refractivity contribution in [3.63, 3.8) is 0 Å². The van der Waals surface area contributed by atoms with Gasteiger partial charge in [0, 0.05) is 0 Å². The summed E-state index contributed by atoms with van der Waals surface area (Å²) in [5.74, 6) is 3.56. The smallest absolute Gasteiger partial charge is 0.329 e. The Hall–Kier alpha value is -1.30. The van der Waals surface area contributed by atoms with E-state index in [0.717, 1.165) is 0 Å². The summed E-state index contributed by atoms with van der Waals surface area (Å²) in [6, 6.07) is -1.64. The summed E-state index contributed by atoms with van der Waals surface area (Å²) >= 11 is 0. The van der Waals surface area contributed by atoms with Crippen LogP contribution in [0, 0.1) is 0 Å². The molecule has 5 N–H and O–H groups in total. The molecule has 0 aliphatic carbocycles. The standard InChI is InChI=1S/C4H9N3O3/c1-2(3(8)9)6-4(10)7-5/h2H,5H2,1H3,(H,8,9)(H2,6,7,10). The highest BCUT2D eigenvalue weighted by atomic mass is 16.4. The Morgan fingerprint density at radius 2 is 2.10 bits per heavy atom. The molecule has 0 saturated heterocycles. The molecule has 0 aromatic carbocycles. The van der Waals surface area contributed by atoms with Crippen LogP contribution in [0.4, 0.5) is 4.79 Å². The van der Waals surface area contributed by atoms with E-state index in [9.17, 15) is 9.59 Å². The molecule has 0 bridgehead atoms. The summed E-state index contributed by atoms with van der Waals surface area (Å²) in [6.45, 7) is 1.33. The Kier molecular flexibility index (Phi) is 3.20. The van der Waals surface area contributed by atoms with E-state index >= 15 is 0 Å². The van der Waals surface area contributed by atoms with Gasteiger partial charge in [0.15, 0.2) is 0 Å². The van der Waals surface area contributed by atoms with Crippen LogP contribution in [0.5, 0.6) is 0 Å². The predicted octanol–water partition coefficient (Wildman–Crippen LogP) is -1.37. The van der Waals surface area contributed by atoms with Gasteiger partial charge >= 0.3 is 12.0 Å². The van der Waals surface area contributed by atoms with Crippen molar-refractivity contribution < 1.29 is 14.7 Å². The highest BCUT2D eigenvalue weighted by molar-refractivity contribution is 5.81. The number of carboxylic acids is 1. The van der Waals surface area contributed by atoms with Gasteiger partial charge in [-0.05, 0) is 6.92 Å². The van der Waals surface area contributed by atoms with Gasteiger partial charge in [-0.3, -0.25) is 10.2 Å². The van der Waals surface area contributed by atoms with Gasteiger partial charge in [0.1, 0.15) is 6.04 Å². The fourth-order valence-electron chi connectivity index (χ4n) is 0.300. The van der Waals surface area contributed by atoms with Crippen LogP contribution in [-0.4, -0.2) is 23.1 Å². The zero-order chi connectivity index (χ0) is 8.15. The number of amides is 2. The maximum atomic E-state index is 10.3. The van der Waals surface area contributed by atoms with Crippen molar-refractivity contribution in [1.29, 1.82) is 0 Å². The highest BCUT2D eigenvalue weighted by Gasteiger charge is 2.11. The number of hydrogen-bond acceptors (Lipinski definition) is 3. The first kappa shape index (κ1) is 8.70. The number of carboxylic acid groups (broad SMARTS) is 1. The van der Waals surface area contributed by atoms with Gasteiger partial charge in [-0.15, -0.1) is 0 Å². The Balaban J connectivity index is 3.68. The van der Waals surface area contributed by atoms with Crippen LogP contribution in [0.15, 0.2) is 0 Å². The average molecular weight is 147 g/mol. The topological polar surface area (TPSA) is 104 Å². The third-order valence-electron chi connectivity index (χ3n) is 0.849. The molecule has 0 rings (SSSR count). The largest absolute Gasteiger partial charge is 0.480 e. The second-order valence-corrected chi connectivity index (χ2v) is 1.68. The molecule has 1 atom stereocenters. The molecule has 2 amide bonds. The van der Waals surface area contributed by atoms with Crippen molar-refractivity contribution in [2.75, 3.05) is 0 Å². The number of aliphatic carboxylic acids is 1. The highest BCUT2D eigenvalue weighted by Crippen LogP contribution is 1.78. The van der Waals surface area contributed by atoms with E-state index in [4.69, 9.17) is 5.11 Å². The van der Waals surface area contributed by atoms with Gasteiger partial charge in [0.2, 0.25) is 0 Å². The van der Waals surface area contributed by atoms with E-state index in [2.05, 4.69) is 11.2 Å². The van der Waals surface area contributed by atoms with Crippen molar-refractivity contribution in [3.8, 4) is 0 Å². The van der Waals surface area contributed by atoms with Crippen LogP contribution in [-0.2, 0) is 4.79 Å². The van der Waals surface area contributed by atoms with Crippen LogP contribution in [0.2, 0.25) is 0 Å². The summed E-state index contributed by atoms with van der Waals surface area (Å²) in [5, 5.41) is 10.3. The van der Waals surface area contributed by atoms with E-state index < -0.39 is 18.0 Å². The minimum absolute atomic E-state index is 0.713. The van der Waals surface area contributed by atoms with Gasteiger partial charge in [-0.25, -0.2) is 10.6 Å². The van der Waals surface area contributed by atoms with Crippen molar-refractivity contribution >= 4 is 12.0 Å². The summed E-state index contributed by atoms with van der Waals surface area (Å²) in [7, 11) is 0. The van der Waals surface area contributed by atoms with Crippen molar-refractivity contribution in [3.05, 3.63) is 0 Å². The molecule has 0 fully saturated rings. The molecular weight excluding hydrogens is 138 g/mol. The number of hydrogen-bond donors (Lipinski definition) is 4. The molecule has 1 unspecified atom stereocenters. The molecule has 58 valence electrons. The lowest BCUT2D eigenvalue weighted by Crippen LogP contribution is -2.46. The van der Waals surface area contributed by atoms with Gasteiger partial charge in [0.05, 0.1) is 0 Å². The first-order chi connectivity index (χ1) is 4.57. The first-order valence-corrected chi connectivity index (χ1v) is 2.58. The Labute approximate surface area is 57.4 Å². The molecule has 6 heteroatoms. The van der Waals surface area contributed by atoms with E-state index in [1.54, 1.807) is 5.43 Å². The molecule has 0 aromatic heterocycles. The molecule has 0 aliphatic heterocycles. The van der Waals surface area contributed by atoms with Crippen LogP contribution in [0.25, 0.3) is 0 Å². The number of urea groups is 1. The van der Waals surface area contributed by atoms with E-state index in [1.807, 2.05) is 0 Å². The lowest BCUT2D eigenvalue weighted by molar-refractivity contribution is -0.138. The monoisotopic (exact) mass is 147 g/mol. The molecule has 0 heterocycles. The lowest BCUT2D eigenvalue weighted by Gasteiger charge is -2.06. The Bertz CT molecular complexity index is 147. The van der Waals surface area contributed by atoms with Crippen LogP contribution < -0.4 is 16.6 Å². The SMILES string of the molecule is CC(NC(=O)NN)C(=O)O. The number of rotatable bonds is 2. The number of nitrogens with one attached hydrogen (secondary N) is 2. The average Bonchev–Trinajstić information content (AvgIpc) is 1.87. The third-order valence-corrected chi connectivity index (χ3v) is 0.849. The van der Waals surface area contributed by atoms with Crippen molar-refractivity contribution in [2.45, 2.75) is 13.0 Å². The van der Waals surface area contributed by atoms with Gasteiger partial charge < -0.3 is 10.4 Å². The maximum absolute atomic E-state index is 10.3. The Morgan fingerprint density at radius 3 is 2.40 bits per heavy atom. The number of carbonyl (C=O) groups excluding carboxylic acids is 1. The van der Waals surface area contributed by atoms with Gasteiger partial charge in [-0.1, -0.05) is 0 Å². The fraction of sp³-hybridized carbons (Fsp3) is 0.500. The summed E-state index contributed by atoms with van der Waals surface area (Å²) < 4.78 is 0. The minimum atomic E-state index is -1.11. The normalized spacial score (nSPS) is 11.8. The van der Waals surface area contributed by atoms with Crippen LogP contribution in [0.3, 0.4) is 0 Å². The van der Waals surface area contributed by atoms with Crippen molar-refractivity contribution in [2.24, 2.45) is 5.84 Å². The molecule has 0 spiro atoms. The zero-order valence-corrected chi connectivity index (χ0v) is 5.42. The summed E-state index contributed by atoms with van der Waals surface area (Å²) in [6.07, 6.45) is 0. The van der Waals surface area contributed by atoms with Gasteiger partial charge in [-0.2, -0.15) is 0 Å². The second-order valence-electron chi connectivity index (χ2n) is 1.68.